The van der Waals surface area contributed by atoms with E-state index in [0.717, 1.165) is 29.4 Å². The second-order valence-electron chi connectivity index (χ2n) is 6.29. The smallest absolute Gasteiger partial charge is 0.349 e. The molecule has 1 aliphatic heterocycles. The highest BCUT2D eigenvalue weighted by molar-refractivity contribution is 9.10. The number of nitrogens with one attached hydrogen (secondary N) is 2. The standard InChI is InChI=1S/C18H21BrN2O3.ClH/c1-11-14-9-13(19)4-5-15(14)24-18(23)16(11)17(22)21-8-6-12-3-2-7-20-10-12;/h4-5,9,12,20H,2-3,6-8,10H2,1H3,(H,21,22);1H. The first-order valence-electron chi connectivity index (χ1n) is 8.28. The van der Waals surface area contributed by atoms with E-state index in [1.54, 1.807) is 13.0 Å². The lowest BCUT2D eigenvalue weighted by molar-refractivity contribution is 0.0946. The Bertz CT molecular complexity index is 816. The third kappa shape index (κ3) is 4.63. The minimum Gasteiger partial charge on any atom is -0.422 e. The van der Waals surface area contributed by atoms with Gasteiger partial charge >= 0.3 is 5.63 Å². The first-order chi connectivity index (χ1) is 11.6. The van der Waals surface area contributed by atoms with Crippen molar-refractivity contribution in [1.29, 1.82) is 0 Å². The summed E-state index contributed by atoms with van der Waals surface area (Å²) in [6.45, 7) is 4.43. The van der Waals surface area contributed by atoms with Gasteiger partial charge in [-0.1, -0.05) is 15.9 Å². The lowest BCUT2D eigenvalue weighted by Crippen LogP contribution is -2.34. The molecule has 2 heterocycles. The second kappa shape index (κ2) is 8.83. The number of fused-ring (bicyclic) bond motifs is 1. The average Bonchev–Trinajstić information content (AvgIpc) is 2.57. The molecule has 25 heavy (non-hydrogen) atoms. The summed E-state index contributed by atoms with van der Waals surface area (Å²) in [6, 6.07) is 5.40. The summed E-state index contributed by atoms with van der Waals surface area (Å²) in [5, 5.41) is 7.00. The summed E-state index contributed by atoms with van der Waals surface area (Å²) in [5.74, 6) is 0.232. The number of hydrogen-bond acceptors (Lipinski definition) is 4. The van der Waals surface area contributed by atoms with Crippen LogP contribution in [0.2, 0.25) is 0 Å². The maximum absolute atomic E-state index is 12.5. The Morgan fingerprint density at radius 1 is 1.44 bits per heavy atom. The Morgan fingerprint density at radius 3 is 2.96 bits per heavy atom. The first kappa shape index (κ1) is 19.9. The number of benzene rings is 1. The first-order valence-corrected chi connectivity index (χ1v) is 9.07. The van der Waals surface area contributed by atoms with Crippen molar-refractivity contribution in [2.24, 2.45) is 5.92 Å². The largest absolute Gasteiger partial charge is 0.422 e. The summed E-state index contributed by atoms with van der Waals surface area (Å²) in [6.07, 6.45) is 3.29. The zero-order valence-corrected chi connectivity index (χ0v) is 16.5. The summed E-state index contributed by atoms with van der Waals surface area (Å²) in [5.41, 5.74) is 0.659. The fraction of sp³-hybridized carbons (Fsp3) is 0.444. The number of amides is 1. The number of rotatable bonds is 4. The molecule has 1 unspecified atom stereocenters. The minimum absolute atomic E-state index is 0. The predicted octanol–water partition coefficient (Wildman–Crippen LogP) is 3.41. The molecule has 0 radical (unpaired) electrons. The Balaban J connectivity index is 0.00000225. The molecule has 136 valence electrons. The van der Waals surface area contributed by atoms with Gasteiger partial charge in [-0.3, -0.25) is 4.79 Å². The molecule has 1 saturated heterocycles. The fourth-order valence-corrected chi connectivity index (χ4v) is 3.60. The highest BCUT2D eigenvalue weighted by Crippen LogP contribution is 2.23. The van der Waals surface area contributed by atoms with Gasteiger partial charge in [0.1, 0.15) is 11.1 Å². The van der Waals surface area contributed by atoms with E-state index in [9.17, 15) is 9.59 Å². The Morgan fingerprint density at radius 2 is 2.24 bits per heavy atom. The SMILES string of the molecule is Cc1c(C(=O)NCCC2CCCNC2)c(=O)oc2ccc(Br)cc12.Cl. The highest BCUT2D eigenvalue weighted by atomic mass is 79.9. The zero-order valence-electron chi connectivity index (χ0n) is 14.1. The van der Waals surface area contributed by atoms with Crippen molar-refractivity contribution in [2.45, 2.75) is 26.2 Å². The van der Waals surface area contributed by atoms with Crippen molar-refractivity contribution in [3.8, 4) is 0 Å². The molecule has 0 aliphatic carbocycles. The van der Waals surface area contributed by atoms with Crippen LogP contribution in [0, 0.1) is 12.8 Å². The molecule has 0 bridgehead atoms. The van der Waals surface area contributed by atoms with E-state index < -0.39 is 5.63 Å². The molecule has 0 saturated carbocycles. The Hall–Kier alpha value is -1.37. The summed E-state index contributed by atoms with van der Waals surface area (Å²) in [7, 11) is 0. The number of halogens is 2. The van der Waals surface area contributed by atoms with E-state index in [0.29, 0.717) is 23.6 Å². The van der Waals surface area contributed by atoms with Gasteiger partial charge in [0.05, 0.1) is 0 Å². The number of piperidine rings is 1. The highest BCUT2D eigenvalue weighted by Gasteiger charge is 2.19. The van der Waals surface area contributed by atoms with Crippen LogP contribution in [0.25, 0.3) is 11.0 Å². The molecule has 1 fully saturated rings. The van der Waals surface area contributed by atoms with Crippen LogP contribution < -0.4 is 16.3 Å². The number of carbonyl (C=O) groups excluding carboxylic acids is 1. The van der Waals surface area contributed by atoms with Gasteiger partial charge in [-0.25, -0.2) is 4.79 Å². The van der Waals surface area contributed by atoms with E-state index in [-0.39, 0.29) is 23.9 Å². The van der Waals surface area contributed by atoms with Crippen LogP contribution in [0.1, 0.15) is 35.2 Å². The fourth-order valence-electron chi connectivity index (χ4n) is 3.23. The van der Waals surface area contributed by atoms with Crippen molar-refractivity contribution in [3.05, 3.63) is 44.2 Å². The van der Waals surface area contributed by atoms with Crippen LogP contribution in [0.5, 0.6) is 0 Å². The zero-order chi connectivity index (χ0) is 17.1. The van der Waals surface area contributed by atoms with Gasteiger partial charge in [-0.05, 0) is 69.0 Å². The molecule has 1 aromatic carbocycles. The van der Waals surface area contributed by atoms with E-state index >= 15 is 0 Å². The Kier molecular flexibility index (Phi) is 7.04. The van der Waals surface area contributed by atoms with Crippen molar-refractivity contribution in [1.82, 2.24) is 10.6 Å². The van der Waals surface area contributed by atoms with Gasteiger partial charge in [-0.15, -0.1) is 12.4 Å². The lowest BCUT2D eigenvalue weighted by atomic mass is 9.96. The van der Waals surface area contributed by atoms with E-state index in [2.05, 4.69) is 26.6 Å². The maximum Gasteiger partial charge on any atom is 0.349 e. The van der Waals surface area contributed by atoms with Gasteiger partial charge in [-0.2, -0.15) is 0 Å². The second-order valence-corrected chi connectivity index (χ2v) is 7.20. The molecule has 5 nitrogen and oxygen atoms in total. The Labute approximate surface area is 161 Å². The molecule has 2 N–H and O–H groups in total. The van der Waals surface area contributed by atoms with Crippen LogP contribution >= 0.6 is 28.3 Å². The molecule has 2 aromatic rings. The van der Waals surface area contributed by atoms with E-state index in [1.165, 1.54) is 12.8 Å². The average molecular weight is 430 g/mol. The quantitative estimate of drug-likeness (QED) is 0.731. The van der Waals surface area contributed by atoms with Crippen LogP contribution in [0.3, 0.4) is 0 Å². The van der Waals surface area contributed by atoms with Crippen molar-refractivity contribution in [2.75, 3.05) is 19.6 Å². The summed E-state index contributed by atoms with van der Waals surface area (Å²) in [4.78, 5) is 24.7. The normalized spacial score (nSPS) is 17.1. The minimum atomic E-state index is -0.584. The molecular weight excluding hydrogens is 408 g/mol. The molecule has 1 amide bonds. The van der Waals surface area contributed by atoms with Crippen molar-refractivity contribution in [3.63, 3.8) is 0 Å². The molecule has 1 atom stereocenters. The van der Waals surface area contributed by atoms with Gasteiger partial charge in [0.15, 0.2) is 0 Å². The van der Waals surface area contributed by atoms with Crippen LogP contribution in [0.15, 0.2) is 31.9 Å². The van der Waals surface area contributed by atoms with Crippen LogP contribution in [-0.4, -0.2) is 25.5 Å². The van der Waals surface area contributed by atoms with Crippen molar-refractivity contribution >= 4 is 45.2 Å². The van der Waals surface area contributed by atoms with Crippen molar-refractivity contribution < 1.29 is 9.21 Å². The molecule has 0 spiro atoms. The lowest BCUT2D eigenvalue weighted by Gasteiger charge is -2.22. The van der Waals surface area contributed by atoms with Gasteiger partial charge in [0.2, 0.25) is 0 Å². The molecule has 7 heteroatoms. The van der Waals surface area contributed by atoms with Crippen LogP contribution in [0.4, 0.5) is 0 Å². The van der Waals surface area contributed by atoms with E-state index in [4.69, 9.17) is 4.42 Å². The van der Waals surface area contributed by atoms with Crippen LogP contribution in [-0.2, 0) is 0 Å². The number of aryl methyl sites for hydroxylation is 1. The topological polar surface area (TPSA) is 71.3 Å². The molecule has 1 aromatic heterocycles. The predicted molar refractivity (Wildman–Crippen MR) is 105 cm³/mol. The van der Waals surface area contributed by atoms with Gasteiger partial charge < -0.3 is 15.1 Å². The van der Waals surface area contributed by atoms with Gasteiger partial charge in [0, 0.05) is 16.4 Å². The third-order valence-corrected chi connectivity index (χ3v) is 5.08. The summed E-state index contributed by atoms with van der Waals surface area (Å²) >= 11 is 3.41. The third-order valence-electron chi connectivity index (χ3n) is 4.59. The van der Waals surface area contributed by atoms with E-state index in [1.807, 2.05) is 12.1 Å². The number of hydrogen-bond donors (Lipinski definition) is 2. The monoisotopic (exact) mass is 428 g/mol. The molecular formula is C18H22BrClN2O3. The maximum atomic E-state index is 12.5. The molecule has 1 aliphatic rings. The summed E-state index contributed by atoms with van der Waals surface area (Å²) < 4.78 is 6.18. The molecule has 3 rings (SSSR count). The number of carbonyl (C=O) groups is 1. The van der Waals surface area contributed by atoms with Gasteiger partial charge in [0.25, 0.3) is 5.91 Å².